The Morgan fingerprint density at radius 3 is 2.85 bits per heavy atom. The first-order valence-corrected chi connectivity index (χ1v) is 8.96. The average molecular weight is 365 g/mol. The van der Waals surface area contributed by atoms with Gasteiger partial charge in [-0.3, -0.25) is 9.89 Å². The molecule has 1 aromatic heterocycles. The van der Waals surface area contributed by atoms with Crippen molar-refractivity contribution >= 4 is 5.91 Å². The Labute approximate surface area is 156 Å². The van der Waals surface area contributed by atoms with Crippen LogP contribution in [0, 0.1) is 5.82 Å². The van der Waals surface area contributed by atoms with Gasteiger partial charge in [0.15, 0.2) is 0 Å². The van der Waals surface area contributed by atoms with E-state index in [9.17, 15) is 9.18 Å². The molecular weight excluding hydrogens is 345 g/mol. The topological polar surface area (TPSA) is 58.2 Å². The van der Waals surface area contributed by atoms with Crippen LogP contribution in [0.1, 0.15) is 34.1 Å². The van der Waals surface area contributed by atoms with Gasteiger partial charge in [-0.25, -0.2) is 4.39 Å². The number of carbonyl (C=O) groups is 1. The van der Waals surface area contributed by atoms with E-state index in [-0.39, 0.29) is 24.2 Å². The first-order valence-electron chi connectivity index (χ1n) is 8.96. The number of rotatable bonds is 5. The van der Waals surface area contributed by atoms with E-state index in [0.717, 1.165) is 24.4 Å². The fraction of sp³-hybridized carbons (Fsp3) is 0.238. The number of hydrogen-bond donors (Lipinski definition) is 1. The van der Waals surface area contributed by atoms with E-state index in [4.69, 9.17) is 4.74 Å². The molecule has 4 rings (SSSR count). The maximum atomic E-state index is 13.2. The summed E-state index contributed by atoms with van der Waals surface area (Å²) < 4.78 is 18.8. The average Bonchev–Trinajstić information content (AvgIpc) is 3.36. The standard InChI is InChI=1S/C21H20FN3O2/c22-17-7-4-8-19(11-17)27-14-18-12-20(24-23-18)16-9-10-25(13-16)21(26)15-5-2-1-3-6-15/h1-8,11-12,16H,9-10,13-14H2,(H,23,24)/t16-/m0/s1. The van der Waals surface area contributed by atoms with Crippen molar-refractivity contribution in [1.29, 1.82) is 0 Å². The normalized spacial score (nSPS) is 16.5. The third-order valence-electron chi connectivity index (χ3n) is 4.76. The van der Waals surface area contributed by atoms with Crippen molar-refractivity contribution < 1.29 is 13.9 Å². The highest BCUT2D eigenvalue weighted by Crippen LogP contribution is 2.27. The fourth-order valence-corrected chi connectivity index (χ4v) is 3.33. The summed E-state index contributed by atoms with van der Waals surface area (Å²) in [6, 6.07) is 17.3. The lowest BCUT2D eigenvalue weighted by atomic mass is 10.1. The summed E-state index contributed by atoms with van der Waals surface area (Å²) in [5.41, 5.74) is 2.46. The molecule has 2 heterocycles. The molecule has 0 radical (unpaired) electrons. The Hall–Kier alpha value is -3.15. The smallest absolute Gasteiger partial charge is 0.253 e. The van der Waals surface area contributed by atoms with Crippen molar-refractivity contribution in [3.8, 4) is 5.75 Å². The van der Waals surface area contributed by atoms with E-state index in [2.05, 4.69) is 10.2 Å². The first-order chi connectivity index (χ1) is 13.2. The van der Waals surface area contributed by atoms with Crippen LogP contribution in [-0.2, 0) is 6.61 Å². The lowest BCUT2D eigenvalue weighted by molar-refractivity contribution is 0.0790. The van der Waals surface area contributed by atoms with Crippen LogP contribution in [0.4, 0.5) is 4.39 Å². The number of H-pyrrole nitrogens is 1. The lowest BCUT2D eigenvalue weighted by Crippen LogP contribution is -2.28. The van der Waals surface area contributed by atoms with Gasteiger partial charge in [-0.2, -0.15) is 5.10 Å². The molecular formula is C21H20FN3O2. The van der Waals surface area contributed by atoms with Gasteiger partial charge in [-0.15, -0.1) is 0 Å². The van der Waals surface area contributed by atoms with E-state index in [0.29, 0.717) is 17.9 Å². The highest BCUT2D eigenvalue weighted by Gasteiger charge is 2.29. The number of amides is 1. The summed E-state index contributed by atoms with van der Waals surface area (Å²) in [4.78, 5) is 14.4. The highest BCUT2D eigenvalue weighted by molar-refractivity contribution is 5.94. The van der Waals surface area contributed by atoms with E-state index in [1.54, 1.807) is 12.1 Å². The number of nitrogens with one attached hydrogen (secondary N) is 1. The number of carbonyl (C=O) groups excluding carboxylic acids is 1. The monoisotopic (exact) mass is 365 g/mol. The Morgan fingerprint density at radius 1 is 1.19 bits per heavy atom. The molecule has 1 aliphatic rings. The van der Waals surface area contributed by atoms with Gasteiger partial charge in [0.1, 0.15) is 18.2 Å². The van der Waals surface area contributed by atoms with Crippen LogP contribution in [-0.4, -0.2) is 34.1 Å². The van der Waals surface area contributed by atoms with E-state index >= 15 is 0 Å². The molecule has 6 heteroatoms. The van der Waals surface area contributed by atoms with E-state index in [1.807, 2.05) is 41.3 Å². The van der Waals surface area contributed by atoms with Crippen LogP contribution in [0.15, 0.2) is 60.7 Å². The van der Waals surface area contributed by atoms with Gasteiger partial charge in [0.05, 0.1) is 11.4 Å². The predicted molar refractivity (Wildman–Crippen MR) is 99.0 cm³/mol. The number of aromatic amines is 1. The zero-order valence-corrected chi connectivity index (χ0v) is 14.8. The van der Waals surface area contributed by atoms with Crippen molar-refractivity contribution in [3.05, 3.63) is 83.4 Å². The molecule has 1 atom stereocenters. The maximum Gasteiger partial charge on any atom is 0.253 e. The Morgan fingerprint density at radius 2 is 2.04 bits per heavy atom. The summed E-state index contributed by atoms with van der Waals surface area (Å²) in [7, 11) is 0. The quantitative estimate of drug-likeness (QED) is 0.749. The van der Waals surface area contributed by atoms with Crippen LogP contribution < -0.4 is 4.74 Å². The molecule has 0 unspecified atom stereocenters. The molecule has 1 N–H and O–H groups in total. The third kappa shape index (κ3) is 4.00. The lowest BCUT2D eigenvalue weighted by Gasteiger charge is -2.16. The van der Waals surface area contributed by atoms with Crippen LogP contribution in [0.25, 0.3) is 0 Å². The second kappa shape index (κ2) is 7.61. The van der Waals surface area contributed by atoms with Crippen LogP contribution in [0.3, 0.4) is 0 Å². The van der Waals surface area contributed by atoms with Gasteiger partial charge >= 0.3 is 0 Å². The summed E-state index contributed by atoms with van der Waals surface area (Å²) in [6.45, 7) is 1.67. The maximum absolute atomic E-state index is 13.2. The Bertz CT molecular complexity index is 926. The zero-order chi connectivity index (χ0) is 18.6. The second-order valence-electron chi connectivity index (χ2n) is 6.67. The molecule has 138 valence electrons. The number of aromatic nitrogens is 2. The minimum atomic E-state index is -0.327. The first kappa shape index (κ1) is 17.3. The molecule has 1 fully saturated rings. The third-order valence-corrected chi connectivity index (χ3v) is 4.76. The number of benzene rings is 2. The summed E-state index contributed by atoms with van der Waals surface area (Å²) in [5, 5.41) is 7.35. The number of ether oxygens (including phenoxy) is 1. The van der Waals surface area contributed by atoms with Gasteiger partial charge in [-0.05, 0) is 36.8 Å². The van der Waals surface area contributed by atoms with Crippen LogP contribution in [0.2, 0.25) is 0 Å². The molecule has 0 aliphatic carbocycles. The molecule has 5 nitrogen and oxygen atoms in total. The van der Waals surface area contributed by atoms with Gasteiger partial charge < -0.3 is 9.64 Å². The molecule has 2 aromatic carbocycles. The van der Waals surface area contributed by atoms with Crippen molar-refractivity contribution in [2.45, 2.75) is 18.9 Å². The molecule has 1 saturated heterocycles. The van der Waals surface area contributed by atoms with Crippen molar-refractivity contribution in [1.82, 2.24) is 15.1 Å². The molecule has 27 heavy (non-hydrogen) atoms. The molecule has 1 aliphatic heterocycles. The van der Waals surface area contributed by atoms with Crippen molar-refractivity contribution in [3.63, 3.8) is 0 Å². The number of likely N-dealkylation sites (tertiary alicyclic amines) is 1. The van der Waals surface area contributed by atoms with Crippen molar-refractivity contribution in [2.75, 3.05) is 13.1 Å². The summed E-state index contributed by atoms with van der Waals surface area (Å²) >= 11 is 0. The molecule has 0 bridgehead atoms. The minimum absolute atomic E-state index is 0.0586. The minimum Gasteiger partial charge on any atom is -0.487 e. The largest absolute Gasteiger partial charge is 0.487 e. The van der Waals surface area contributed by atoms with E-state index in [1.165, 1.54) is 12.1 Å². The second-order valence-corrected chi connectivity index (χ2v) is 6.67. The van der Waals surface area contributed by atoms with Gasteiger partial charge in [0, 0.05) is 30.6 Å². The summed E-state index contributed by atoms with van der Waals surface area (Å²) in [6.07, 6.45) is 0.883. The van der Waals surface area contributed by atoms with Crippen LogP contribution >= 0.6 is 0 Å². The number of hydrogen-bond acceptors (Lipinski definition) is 3. The van der Waals surface area contributed by atoms with Crippen molar-refractivity contribution in [2.24, 2.45) is 0 Å². The SMILES string of the molecule is O=C(c1ccccc1)N1CC[C@H](c2cc(COc3cccc(F)c3)[nH]n2)C1. The Kier molecular flexibility index (Phi) is 4.87. The highest BCUT2D eigenvalue weighted by atomic mass is 19.1. The van der Waals surface area contributed by atoms with Gasteiger partial charge in [-0.1, -0.05) is 24.3 Å². The van der Waals surface area contributed by atoms with E-state index < -0.39 is 0 Å². The van der Waals surface area contributed by atoms with Gasteiger partial charge in [0.25, 0.3) is 5.91 Å². The number of nitrogens with zero attached hydrogens (tertiary/aromatic N) is 2. The molecule has 1 amide bonds. The molecule has 0 saturated carbocycles. The predicted octanol–water partition coefficient (Wildman–Crippen LogP) is 3.76. The molecule has 3 aromatic rings. The number of halogens is 1. The van der Waals surface area contributed by atoms with Crippen LogP contribution in [0.5, 0.6) is 5.75 Å². The summed E-state index contributed by atoms with van der Waals surface area (Å²) in [5.74, 6) is 0.415. The zero-order valence-electron chi connectivity index (χ0n) is 14.8. The Balaban J connectivity index is 1.36. The van der Waals surface area contributed by atoms with Gasteiger partial charge in [0.2, 0.25) is 0 Å². The molecule has 0 spiro atoms. The fourth-order valence-electron chi connectivity index (χ4n) is 3.33.